The van der Waals surface area contributed by atoms with Gasteiger partial charge in [-0.25, -0.2) is 9.38 Å². The fraction of sp³-hybridized carbons (Fsp3) is 0.0645. The Bertz CT molecular complexity index is 1600. The number of aliphatic imine (C=N–C) groups is 1. The van der Waals surface area contributed by atoms with Gasteiger partial charge < -0.3 is 10.1 Å². The largest absolute Gasteiger partial charge is 0.482 e. The van der Waals surface area contributed by atoms with E-state index >= 15 is 0 Å². The molecule has 9 heteroatoms. The Hall–Kier alpha value is -4.40. The Morgan fingerprint density at radius 1 is 0.975 bits per heavy atom. The first-order chi connectivity index (χ1) is 19.5. The second kappa shape index (κ2) is 12.6. The molecule has 1 fully saturated rings. The van der Waals surface area contributed by atoms with Crippen LogP contribution in [-0.2, 0) is 16.1 Å². The number of nitrogens with one attached hydrogen (secondary N) is 1. The first-order valence-corrected chi connectivity index (χ1v) is 13.5. The molecular weight excluding hydrogens is 549 g/mol. The van der Waals surface area contributed by atoms with E-state index in [0.29, 0.717) is 22.2 Å². The first-order valence-electron chi connectivity index (χ1n) is 12.3. The molecule has 0 saturated carbocycles. The molecule has 0 radical (unpaired) electrons. The third-order valence-electron chi connectivity index (χ3n) is 5.81. The maximum atomic E-state index is 13.8. The molecular formula is C31H23ClFN3O3S. The number of carbonyl (C=O) groups excluding carboxylic acids is 2. The number of benzene rings is 4. The topological polar surface area (TPSA) is 71.0 Å². The predicted octanol–water partition coefficient (Wildman–Crippen LogP) is 7.30. The molecule has 0 atom stereocenters. The van der Waals surface area contributed by atoms with Crippen molar-refractivity contribution in [2.45, 2.75) is 6.54 Å². The van der Waals surface area contributed by atoms with Crippen molar-refractivity contribution in [3.8, 4) is 5.75 Å². The summed E-state index contributed by atoms with van der Waals surface area (Å²) in [7, 11) is 0. The van der Waals surface area contributed by atoms with Crippen molar-refractivity contribution >= 4 is 57.8 Å². The van der Waals surface area contributed by atoms with Crippen molar-refractivity contribution in [3.05, 3.63) is 130 Å². The number of halogens is 2. The summed E-state index contributed by atoms with van der Waals surface area (Å²) in [5, 5.41) is 3.31. The lowest BCUT2D eigenvalue weighted by Crippen LogP contribution is -2.28. The van der Waals surface area contributed by atoms with Crippen LogP contribution >= 0.6 is 23.4 Å². The number of anilines is 1. The smallest absolute Gasteiger partial charge is 0.267 e. The lowest BCUT2D eigenvalue weighted by molar-refractivity contribution is -0.122. The molecule has 200 valence electrons. The number of thioether (sulfide) groups is 1. The average molecular weight is 572 g/mol. The highest BCUT2D eigenvalue weighted by molar-refractivity contribution is 8.18. The summed E-state index contributed by atoms with van der Waals surface area (Å²) in [6.07, 6.45) is 1.75. The van der Waals surface area contributed by atoms with Crippen LogP contribution in [0.25, 0.3) is 6.08 Å². The highest BCUT2D eigenvalue weighted by Crippen LogP contribution is 2.36. The number of rotatable bonds is 8. The SMILES string of the molecule is O=C(COc1ccc(/C=C2\SC(=Nc3ccccc3)N(Cc3ccccc3)C2=O)cc1Cl)Nc1ccccc1F. The van der Waals surface area contributed by atoms with Gasteiger partial charge in [0.05, 0.1) is 27.8 Å². The van der Waals surface area contributed by atoms with Gasteiger partial charge in [-0.15, -0.1) is 0 Å². The first kappa shape index (κ1) is 27.2. The molecule has 0 aromatic heterocycles. The number of carbonyl (C=O) groups is 2. The van der Waals surface area contributed by atoms with Gasteiger partial charge in [0, 0.05) is 0 Å². The second-order valence-electron chi connectivity index (χ2n) is 8.72. The lowest BCUT2D eigenvalue weighted by Gasteiger charge is -2.15. The summed E-state index contributed by atoms with van der Waals surface area (Å²) in [6, 6.07) is 30.1. The Labute approximate surface area is 240 Å². The number of hydrogen-bond acceptors (Lipinski definition) is 5. The third kappa shape index (κ3) is 6.77. The van der Waals surface area contributed by atoms with Crippen LogP contribution in [0.2, 0.25) is 5.02 Å². The minimum absolute atomic E-state index is 0.0689. The molecule has 5 rings (SSSR count). The highest BCUT2D eigenvalue weighted by atomic mass is 35.5. The van der Waals surface area contributed by atoms with Crippen molar-refractivity contribution < 1.29 is 18.7 Å². The van der Waals surface area contributed by atoms with Crippen LogP contribution < -0.4 is 10.1 Å². The van der Waals surface area contributed by atoms with Gasteiger partial charge in [0.15, 0.2) is 11.8 Å². The standard InChI is InChI=1S/C31H23ClFN3O3S/c32-24-17-22(15-16-27(24)39-20-29(37)35-26-14-8-7-13-25(26)33)18-28-30(38)36(19-21-9-3-1-4-10-21)31(40-28)34-23-11-5-2-6-12-23/h1-18H,19-20H2,(H,35,37)/b28-18-,34-31?. The van der Waals surface area contributed by atoms with Crippen molar-refractivity contribution in [1.29, 1.82) is 0 Å². The number of ether oxygens (including phenoxy) is 1. The average Bonchev–Trinajstić information content (AvgIpc) is 3.23. The van der Waals surface area contributed by atoms with Gasteiger partial charge in [0.25, 0.3) is 11.8 Å². The predicted molar refractivity (Wildman–Crippen MR) is 158 cm³/mol. The van der Waals surface area contributed by atoms with E-state index < -0.39 is 11.7 Å². The van der Waals surface area contributed by atoms with E-state index in [4.69, 9.17) is 21.3 Å². The van der Waals surface area contributed by atoms with Gasteiger partial charge in [-0.1, -0.05) is 78.3 Å². The van der Waals surface area contributed by atoms with Gasteiger partial charge in [0.1, 0.15) is 11.6 Å². The zero-order valence-corrected chi connectivity index (χ0v) is 22.7. The highest BCUT2D eigenvalue weighted by Gasteiger charge is 2.33. The van der Waals surface area contributed by atoms with Gasteiger partial charge in [-0.05, 0) is 65.4 Å². The normalized spacial score (nSPS) is 15.1. The number of hydrogen-bond donors (Lipinski definition) is 1. The van der Waals surface area contributed by atoms with Crippen LogP contribution in [0.4, 0.5) is 15.8 Å². The van der Waals surface area contributed by atoms with E-state index in [1.807, 2.05) is 60.7 Å². The van der Waals surface area contributed by atoms with Gasteiger partial charge in [0.2, 0.25) is 0 Å². The summed E-state index contributed by atoms with van der Waals surface area (Å²) < 4.78 is 19.3. The molecule has 4 aromatic carbocycles. The Balaban J connectivity index is 1.31. The molecule has 40 heavy (non-hydrogen) atoms. The number of amides is 2. The fourth-order valence-corrected chi connectivity index (χ4v) is 5.12. The minimum atomic E-state index is -0.537. The number of para-hydroxylation sites is 2. The molecule has 1 saturated heterocycles. The summed E-state index contributed by atoms with van der Waals surface area (Å²) in [5.74, 6) is -0.936. The monoisotopic (exact) mass is 571 g/mol. The van der Waals surface area contributed by atoms with E-state index in [2.05, 4.69) is 5.32 Å². The quantitative estimate of drug-likeness (QED) is 0.225. The van der Waals surface area contributed by atoms with Crippen LogP contribution in [0.5, 0.6) is 5.75 Å². The van der Waals surface area contributed by atoms with E-state index in [1.165, 1.54) is 30.0 Å². The molecule has 6 nitrogen and oxygen atoms in total. The molecule has 1 N–H and O–H groups in total. The lowest BCUT2D eigenvalue weighted by atomic mass is 10.2. The van der Waals surface area contributed by atoms with E-state index in [1.54, 1.807) is 35.2 Å². The summed E-state index contributed by atoms with van der Waals surface area (Å²) >= 11 is 7.71. The second-order valence-corrected chi connectivity index (χ2v) is 10.1. The van der Waals surface area contributed by atoms with Crippen LogP contribution in [0, 0.1) is 5.82 Å². The van der Waals surface area contributed by atoms with Crippen molar-refractivity contribution in [3.63, 3.8) is 0 Å². The van der Waals surface area contributed by atoms with Gasteiger partial charge >= 0.3 is 0 Å². The molecule has 0 unspecified atom stereocenters. The van der Waals surface area contributed by atoms with Gasteiger partial charge in [-0.3, -0.25) is 14.5 Å². The fourth-order valence-electron chi connectivity index (χ4n) is 3.88. The Morgan fingerprint density at radius 2 is 1.68 bits per heavy atom. The van der Waals surface area contributed by atoms with Crippen molar-refractivity contribution in [1.82, 2.24) is 4.90 Å². The minimum Gasteiger partial charge on any atom is -0.482 e. The van der Waals surface area contributed by atoms with E-state index in [-0.39, 0.29) is 29.0 Å². The number of amidine groups is 1. The zero-order chi connectivity index (χ0) is 27.9. The van der Waals surface area contributed by atoms with Crippen molar-refractivity contribution in [2.24, 2.45) is 4.99 Å². The molecule has 4 aromatic rings. The molecule has 0 bridgehead atoms. The Morgan fingerprint density at radius 3 is 2.40 bits per heavy atom. The molecule has 1 heterocycles. The Kier molecular flexibility index (Phi) is 8.59. The third-order valence-corrected chi connectivity index (χ3v) is 7.11. The van der Waals surface area contributed by atoms with Crippen molar-refractivity contribution in [2.75, 3.05) is 11.9 Å². The molecule has 2 amide bonds. The van der Waals surface area contributed by atoms with E-state index in [0.717, 1.165) is 11.3 Å². The summed E-state index contributed by atoms with van der Waals surface area (Å²) in [6.45, 7) is 0.0365. The maximum Gasteiger partial charge on any atom is 0.267 e. The van der Waals surface area contributed by atoms with Crippen LogP contribution in [0.3, 0.4) is 0 Å². The van der Waals surface area contributed by atoms with Gasteiger partial charge in [-0.2, -0.15) is 0 Å². The molecule has 0 aliphatic carbocycles. The molecule has 0 spiro atoms. The number of nitrogens with zero attached hydrogens (tertiary/aromatic N) is 2. The van der Waals surface area contributed by atoms with Crippen LogP contribution in [0.15, 0.2) is 113 Å². The molecule has 1 aliphatic rings. The maximum absolute atomic E-state index is 13.8. The van der Waals surface area contributed by atoms with Crippen LogP contribution in [0.1, 0.15) is 11.1 Å². The zero-order valence-electron chi connectivity index (χ0n) is 21.1. The van der Waals surface area contributed by atoms with Crippen LogP contribution in [-0.4, -0.2) is 28.5 Å². The molecule has 1 aliphatic heterocycles. The summed E-state index contributed by atoms with van der Waals surface area (Å²) in [4.78, 5) is 32.5. The summed E-state index contributed by atoms with van der Waals surface area (Å²) in [5.41, 5.74) is 2.49. The van der Waals surface area contributed by atoms with E-state index in [9.17, 15) is 14.0 Å².